The van der Waals surface area contributed by atoms with Crippen molar-refractivity contribution in [2.45, 2.75) is 25.3 Å². The van der Waals surface area contributed by atoms with E-state index in [0.717, 1.165) is 19.3 Å². The van der Waals surface area contributed by atoms with Gasteiger partial charge in [0.2, 0.25) is 10.0 Å². The second-order valence-corrected chi connectivity index (χ2v) is 8.15. The zero-order valence-corrected chi connectivity index (χ0v) is 12.7. The van der Waals surface area contributed by atoms with E-state index in [0.29, 0.717) is 18.8 Å². The molecule has 7 nitrogen and oxygen atoms in total. The maximum Gasteiger partial charge on any atom is 0.275 e. The molecule has 1 saturated heterocycles. The number of nitrogens with zero attached hydrogens (tertiary/aromatic N) is 3. The van der Waals surface area contributed by atoms with Gasteiger partial charge < -0.3 is 4.90 Å². The highest BCUT2D eigenvalue weighted by Gasteiger charge is 2.50. The van der Waals surface area contributed by atoms with Gasteiger partial charge in [0.05, 0.1) is 6.26 Å². The Hall–Kier alpha value is -1.06. The lowest BCUT2D eigenvalue weighted by atomic mass is 9.65. The number of hydrogen-bond donors (Lipinski definition) is 1. The summed E-state index contributed by atoms with van der Waals surface area (Å²) < 4.78 is 28.7. The van der Waals surface area contributed by atoms with Crippen molar-refractivity contribution in [1.82, 2.24) is 19.2 Å². The number of carbonyl (C=O) groups excluding carboxylic acids is 1. The minimum Gasteiger partial charge on any atom is -0.337 e. The zero-order valence-electron chi connectivity index (χ0n) is 11.1. The van der Waals surface area contributed by atoms with Crippen molar-refractivity contribution in [2.75, 3.05) is 19.3 Å². The Balaban J connectivity index is 1.58. The van der Waals surface area contributed by atoms with Gasteiger partial charge in [0.1, 0.15) is 0 Å². The topological polar surface area (TPSA) is 92.3 Å². The van der Waals surface area contributed by atoms with Crippen LogP contribution < -0.4 is 4.72 Å². The third-order valence-electron chi connectivity index (χ3n) is 4.04. The van der Waals surface area contributed by atoms with Gasteiger partial charge in [0.25, 0.3) is 5.91 Å². The van der Waals surface area contributed by atoms with Crippen molar-refractivity contribution in [2.24, 2.45) is 5.41 Å². The third kappa shape index (κ3) is 2.70. The first-order valence-corrected chi connectivity index (χ1v) is 9.13. The normalized spacial score (nSPS) is 29.6. The van der Waals surface area contributed by atoms with Gasteiger partial charge in [-0.05, 0) is 36.2 Å². The van der Waals surface area contributed by atoms with Gasteiger partial charge in [-0.3, -0.25) is 4.79 Å². The number of hydrogen-bond acceptors (Lipinski definition) is 6. The molecular weight excluding hydrogens is 300 g/mol. The summed E-state index contributed by atoms with van der Waals surface area (Å²) in [6.07, 6.45) is 3.72. The quantitative estimate of drug-likeness (QED) is 0.852. The molecule has 0 atom stereocenters. The van der Waals surface area contributed by atoms with Crippen LogP contribution in [0.25, 0.3) is 0 Å². The van der Waals surface area contributed by atoms with E-state index in [-0.39, 0.29) is 17.4 Å². The Morgan fingerprint density at radius 1 is 1.55 bits per heavy atom. The largest absolute Gasteiger partial charge is 0.337 e. The Morgan fingerprint density at radius 2 is 2.30 bits per heavy atom. The summed E-state index contributed by atoms with van der Waals surface area (Å²) in [5.41, 5.74) is 0.485. The summed E-state index contributed by atoms with van der Waals surface area (Å²) in [6, 6.07) is 0.0148. The molecule has 110 valence electrons. The molecule has 20 heavy (non-hydrogen) atoms. The number of carbonyl (C=O) groups is 1. The van der Waals surface area contributed by atoms with Crippen LogP contribution in [-0.2, 0) is 10.0 Å². The molecule has 1 aliphatic carbocycles. The third-order valence-corrected chi connectivity index (χ3v) is 5.31. The van der Waals surface area contributed by atoms with Crippen LogP contribution in [0.4, 0.5) is 0 Å². The molecule has 0 aromatic carbocycles. The maximum absolute atomic E-state index is 12.2. The molecule has 9 heteroatoms. The number of sulfonamides is 1. The van der Waals surface area contributed by atoms with Crippen molar-refractivity contribution in [3.63, 3.8) is 0 Å². The number of likely N-dealkylation sites (tertiary alicyclic amines) is 1. The van der Waals surface area contributed by atoms with Crippen LogP contribution in [0.5, 0.6) is 0 Å². The summed E-state index contributed by atoms with van der Waals surface area (Å²) in [5, 5.41) is 5.46. The molecule has 2 fully saturated rings. The van der Waals surface area contributed by atoms with Crippen molar-refractivity contribution < 1.29 is 13.2 Å². The first-order valence-electron chi connectivity index (χ1n) is 6.41. The van der Waals surface area contributed by atoms with Crippen LogP contribution in [-0.4, -0.2) is 54.2 Å². The van der Waals surface area contributed by atoms with E-state index in [1.165, 1.54) is 17.8 Å². The molecule has 0 bridgehead atoms. The maximum atomic E-state index is 12.2. The minimum absolute atomic E-state index is 0.0148. The second-order valence-electron chi connectivity index (χ2n) is 5.76. The number of aromatic nitrogens is 2. The SMILES string of the molecule is CS(=O)(=O)NC1CC2(CCN(C(=O)c3csnn3)C2)C1. The Kier molecular flexibility index (Phi) is 3.30. The van der Waals surface area contributed by atoms with Crippen molar-refractivity contribution >= 4 is 27.5 Å². The molecule has 1 spiro atoms. The molecule has 2 aliphatic rings. The average molecular weight is 316 g/mol. The van der Waals surface area contributed by atoms with Gasteiger partial charge in [-0.25, -0.2) is 13.1 Å². The predicted octanol–water partition coefficient (Wildman–Crippen LogP) is 0.0820. The van der Waals surface area contributed by atoms with Gasteiger partial charge in [-0.15, -0.1) is 5.10 Å². The molecule has 1 aromatic rings. The molecule has 1 N–H and O–H groups in total. The molecule has 1 aromatic heterocycles. The second kappa shape index (κ2) is 4.74. The van der Waals surface area contributed by atoms with E-state index in [2.05, 4.69) is 14.3 Å². The summed E-state index contributed by atoms with van der Waals surface area (Å²) in [6.45, 7) is 1.40. The fourth-order valence-corrected chi connectivity index (χ4v) is 4.44. The van der Waals surface area contributed by atoms with E-state index in [1.54, 1.807) is 10.3 Å². The summed E-state index contributed by atoms with van der Waals surface area (Å²) >= 11 is 1.17. The highest BCUT2D eigenvalue weighted by atomic mass is 32.2. The Labute approximate surface area is 121 Å². The van der Waals surface area contributed by atoms with Gasteiger partial charge in [-0.2, -0.15) is 0 Å². The van der Waals surface area contributed by atoms with E-state index in [4.69, 9.17) is 0 Å². The van der Waals surface area contributed by atoms with Gasteiger partial charge >= 0.3 is 0 Å². The Bertz CT molecular complexity index is 608. The molecular formula is C11H16N4O3S2. The standard InChI is InChI=1S/C11H16N4O3S2/c1-20(17,18)13-8-4-11(5-8)2-3-15(7-11)10(16)9-6-19-14-12-9/h6,8,13H,2-5,7H2,1H3. The van der Waals surface area contributed by atoms with Gasteiger partial charge in [0.15, 0.2) is 5.69 Å². The fourth-order valence-electron chi connectivity index (χ4n) is 3.23. The zero-order chi connectivity index (χ0) is 14.4. The van der Waals surface area contributed by atoms with E-state index < -0.39 is 10.0 Å². The monoisotopic (exact) mass is 316 g/mol. The highest BCUT2D eigenvalue weighted by Crippen LogP contribution is 2.48. The summed E-state index contributed by atoms with van der Waals surface area (Å²) in [7, 11) is -3.14. The van der Waals surface area contributed by atoms with E-state index >= 15 is 0 Å². The molecule has 1 saturated carbocycles. The smallest absolute Gasteiger partial charge is 0.275 e. The van der Waals surface area contributed by atoms with E-state index in [1.807, 2.05) is 0 Å². The molecule has 3 rings (SSSR count). The lowest BCUT2D eigenvalue weighted by Gasteiger charge is -2.45. The number of nitrogens with one attached hydrogen (secondary N) is 1. The van der Waals surface area contributed by atoms with Crippen LogP contribution >= 0.6 is 11.5 Å². The first kappa shape index (κ1) is 13.9. The molecule has 1 amide bonds. The van der Waals surface area contributed by atoms with Crippen molar-refractivity contribution in [3.05, 3.63) is 11.1 Å². The molecule has 0 unspecified atom stereocenters. The van der Waals surface area contributed by atoms with E-state index in [9.17, 15) is 13.2 Å². The first-order chi connectivity index (χ1) is 9.37. The van der Waals surface area contributed by atoms with Crippen LogP contribution in [0.2, 0.25) is 0 Å². The van der Waals surface area contributed by atoms with Crippen molar-refractivity contribution in [3.8, 4) is 0 Å². The van der Waals surface area contributed by atoms with Crippen LogP contribution in [0, 0.1) is 5.41 Å². The van der Waals surface area contributed by atoms with Crippen LogP contribution in [0.3, 0.4) is 0 Å². The summed E-state index contributed by atoms with van der Waals surface area (Å²) in [5.74, 6) is -0.0739. The minimum atomic E-state index is -3.14. The number of rotatable bonds is 3. The predicted molar refractivity (Wildman–Crippen MR) is 73.9 cm³/mol. The number of amides is 1. The molecule has 0 radical (unpaired) electrons. The van der Waals surface area contributed by atoms with Gasteiger partial charge in [-0.1, -0.05) is 4.49 Å². The fraction of sp³-hybridized carbons (Fsp3) is 0.727. The highest BCUT2D eigenvalue weighted by molar-refractivity contribution is 7.88. The van der Waals surface area contributed by atoms with Gasteiger partial charge in [0, 0.05) is 24.5 Å². The van der Waals surface area contributed by atoms with Crippen LogP contribution in [0.15, 0.2) is 5.38 Å². The summed E-state index contributed by atoms with van der Waals surface area (Å²) in [4.78, 5) is 14.0. The molecule has 1 aliphatic heterocycles. The lowest BCUT2D eigenvalue weighted by Crippen LogP contribution is -2.51. The average Bonchev–Trinajstić information content (AvgIpc) is 2.93. The van der Waals surface area contributed by atoms with Crippen LogP contribution in [0.1, 0.15) is 29.8 Å². The lowest BCUT2D eigenvalue weighted by molar-refractivity contribution is 0.0683. The molecule has 2 heterocycles. The Morgan fingerprint density at radius 3 is 2.90 bits per heavy atom. The van der Waals surface area contributed by atoms with Crippen molar-refractivity contribution in [1.29, 1.82) is 0 Å².